The summed E-state index contributed by atoms with van der Waals surface area (Å²) >= 11 is 0. The summed E-state index contributed by atoms with van der Waals surface area (Å²) in [7, 11) is 0. The van der Waals surface area contributed by atoms with Crippen molar-refractivity contribution >= 4 is 23.1 Å². The highest BCUT2D eigenvalue weighted by molar-refractivity contribution is 6.04. The molecule has 1 saturated carbocycles. The van der Waals surface area contributed by atoms with Crippen molar-refractivity contribution < 1.29 is 4.79 Å². The van der Waals surface area contributed by atoms with Crippen LogP contribution in [0.15, 0.2) is 42.6 Å². The van der Waals surface area contributed by atoms with E-state index >= 15 is 0 Å². The Morgan fingerprint density at radius 2 is 1.64 bits per heavy atom. The van der Waals surface area contributed by atoms with Crippen molar-refractivity contribution in [2.45, 2.75) is 57.4 Å². The molecular formula is C23H30N4O. The highest BCUT2D eigenvalue weighted by Crippen LogP contribution is 2.23. The summed E-state index contributed by atoms with van der Waals surface area (Å²) in [5.74, 6) is 0.698. The summed E-state index contributed by atoms with van der Waals surface area (Å²) in [5.41, 5.74) is 2.69. The molecular weight excluding hydrogens is 348 g/mol. The van der Waals surface area contributed by atoms with Gasteiger partial charge in [-0.1, -0.05) is 25.7 Å². The maximum Gasteiger partial charge on any atom is 0.255 e. The van der Waals surface area contributed by atoms with Crippen LogP contribution in [0, 0.1) is 0 Å². The minimum atomic E-state index is -0.0970. The first-order valence-electron chi connectivity index (χ1n) is 10.7. The van der Waals surface area contributed by atoms with E-state index in [4.69, 9.17) is 0 Å². The average molecular weight is 379 g/mol. The predicted octanol–water partition coefficient (Wildman–Crippen LogP) is 5.07. The summed E-state index contributed by atoms with van der Waals surface area (Å²) in [6, 6.07) is 12.2. The van der Waals surface area contributed by atoms with Crippen LogP contribution in [-0.4, -0.2) is 30.0 Å². The standard InChI is InChI=1S/C23H30N4O/c28-23(26-20-9-11-21(12-10-20)27-15-5-6-16-27)18-13-14-24-22(17-18)25-19-7-3-1-2-4-8-19/h9-14,17,19H,1-8,15-16H2,(H,24,25)(H,26,28). The first-order chi connectivity index (χ1) is 13.8. The first-order valence-corrected chi connectivity index (χ1v) is 10.7. The molecule has 0 bridgehead atoms. The Kier molecular flexibility index (Phi) is 6.10. The lowest BCUT2D eigenvalue weighted by Gasteiger charge is -2.18. The lowest BCUT2D eigenvalue weighted by molar-refractivity contribution is 0.102. The molecule has 0 atom stereocenters. The average Bonchev–Trinajstić information content (AvgIpc) is 3.14. The fourth-order valence-corrected chi connectivity index (χ4v) is 4.22. The number of anilines is 3. The Morgan fingerprint density at radius 1 is 0.929 bits per heavy atom. The van der Waals surface area contributed by atoms with Gasteiger partial charge in [-0.15, -0.1) is 0 Å². The van der Waals surface area contributed by atoms with Crippen LogP contribution in [0.4, 0.5) is 17.2 Å². The SMILES string of the molecule is O=C(Nc1ccc(N2CCCC2)cc1)c1ccnc(NC2CCCCCC2)c1. The van der Waals surface area contributed by atoms with Gasteiger partial charge in [0.05, 0.1) is 0 Å². The molecule has 2 fully saturated rings. The maximum atomic E-state index is 12.7. The van der Waals surface area contributed by atoms with Gasteiger partial charge in [-0.2, -0.15) is 0 Å². The van der Waals surface area contributed by atoms with Crippen LogP contribution in [-0.2, 0) is 0 Å². The number of pyridine rings is 1. The second-order valence-electron chi connectivity index (χ2n) is 7.96. The molecule has 2 aliphatic rings. The number of nitrogens with zero attached hydrogens (tertiary/aromatic N) is 2. The normalized spacial score (nSPS) is 17.9. The van der Waals surface area contributed by atoms with Crippen LogP contribution in [0.2, 0.25) is 0 Å². The third-order valence-corrected chi connectivity index (χ3v) is 5.83. The van der Waals surface area contributed by atoms with Gasteiger partial charge in [-0.05, 0) is 62.1 Å². The molecule has 148 valence electrons. The Hall–Kier alpha value is -2.56. The molecule has 5 heteroatoms. The van der Waals surface area contributed by atoms with Crippen LogP contribution < -0.4 is 15.5 Å². The van der Waals surface area contributed by atoms with Crippen LogP contribution in [0.1, 0.15) is 61.7 Å². The van der Waals surface area contributed by atoms with Crippen LogP contribution in [0.5, 0.6) is 0 Å². The van der Waals surface area contributed by atoms with Crippen molar-refractivity contribution in [3.05, 3.63) is 48.2 Å². The molecule has 1 saturated heterocycles. The number of benzene rings is 1. The van der Waals surface area contributed by atoms with Crippen molar-refractivity contribution in [3.63, 3.8) is 0 Å². The number of carbonyl (C=O) groups excluding carboxylic acids is 1. The second kappa shape index (κ2) is 9.09. The van der Waals surface area contributed by atoms with Gasteiger partial charge in [-0.3, -0.25) is 4.79 Å². The van der Waals surface area contributed by atoms with E-state index in [9.17, 15) is 4.79 Å². The summed E-state index contributed by atoms with van der Waals surface area (Å²) in [4.78, 5) is 19.5. The minimum absolute atomic E-state index is 0.0970. The number of carbonyl (C=O) groups is 1. The van der Waals surface area contributed by atoms with Crippen molar-refractivity contribution in [2.75, 3.05) is 28.6 Å². The van der Waals surface area contributed by atoms with Gasteiger partial charge < -0.3 is 15.5 Å². The number of nitrogens with one attached hydrogen (secondary N) is 2. The first kappa shape index (κ1) is 18.8. The van der Waals surface area contributed by atoms with E-state index in [0.717, 1.165) is 24.6 Å². The molecule has 1 aliphatic heterocycles. The fraction of sp³-hybridized carbons (Fsp3) is 0.478. The molecule has 0 unspecified atom stereocenters. The van der Waals surface area contributed by atoms with Crippen LogP contribution in [0.3, 0.4) is 0 Å². The predicted molar refractivity (Wildman–Crippen MR) is 115 cm³/mol. The summed E-state index contributed by atoms with van der Waals surface area (Å²) in [6.07, 6.45) is 11.8. The topological polar surface area (TPSA) is 57.3 Å². The number of amides is 1. The molecule has 5 nitrogen and oxygen atoms in total. The lowest BCUT2D eigenvalue weighted by Crippen LogP contribution is -2.20. The molecule has 2 heterocycles. The lowest BCUT2D eigenvalue weighted by atomic mass is 10.1. The van der Waals surface area contributed by atoms with E-state index < -0.39 is 0 Å². The minimum Gasteiger partial charge on any atom is -0.372 e. The third-order valence-electron chi connectivity index (χ3n) is 5.83. The number of rotatable bonds is 5. The molecule has 1 aliphatic carbocycles. The smallest absolute Gasteiger partial charge is 0.255 e. The van der Waals surface area contributed by atoms with Crippen molar-refractivity contribution in [1.82, 2.24) is 4.98 Å². The van der Waals surface area contributed by atoms with E-state index in [1.54, 1.807) is 12.3 Å². The molecule has 28 heavy (non-hydrogen) atoms. The fourth-order valence-electron chi connectivity index (χ4n) is 4.22. The van der Waals surface area contributed by atoms with Gasteiger partial charge in [0, 0.05) is 42.3 Å². The van der Waals surface area contributed by atoms with Gasteiger partial charge in [0.25, 0.3) is 5.91 Å². The maximum absolute atomic E-state index is 12.7. The second-order valence-corrected chi connectivity index (χ2v) is 7.96. The Bertz CT molecular complexity index is 775. The molecule has 0 radical (unpaired) electrons. The summed E-state index contributed by atoms with van der Waals surface area (Å²) in [6.45, 7) is 2.25. The van der Waals surface area contributed by atoms with Crippen molar-refractivity contribution in [2.24, 2.45) is 0 Å². The quantitative estimate of drug-likeness (QED) is 0.713. The Balaban J connectivity index is 1.37. The van der Waals surface area contributed by atoms with Crippen molar-refractivity contribution in [3.8, 4) is 0 Å². The Labute approximate surface area is 167 Å². The highest BCUT2D eigenvalue weighted by atomic mass is 16.1. The van der Waals surface area contributed by atoms with E-state index in [0.29, 0.717) is 11.6 Å². The zero-order valence-corrected chi connectivity index (χ0v) is 16.5. The van der Waals surface area contributed by atoms with Gasteiger partial charge >= 0.3 is 0 Å². The number of hydrogen-bond acceptors (Lipinski definition) is 4. The zero-order valence-electron chi connectivity index (χ0n) is 16.5. The largest absolute Gasteiger partial charge is 0.372 e. The molecule has 4 rings (SSSR count). The summed E-state index contributed by atoms with van der Waals surface area (Å²) in [5, 5.41) is 6.53. The van der Waals surface area contributed by atoms with Gasteiger partial charge in [0.2, 0.25) is 0 Å². The molecule has 1 aromatic carbocycles. The Morgan fingerprint density at radius 3 is 2.36 bits per heavy atom. The molecule has 1 aromatic heterocycles. The molecule has 0 spiro atoms. The molecule has 2 N–H and O–H groups in total. The van der Waals surface area contributed by atoms with Gasteiger partial charge in [0.15, 0.2) is 0 Å². The van der Waals surface area contributed by atoms with Gasteiger partial charge in [-0.25, -0.2) is 4.98 Å². The van der Waals surface area contributed by atoms with E-state index in [1.807, 2.05) is 18.2 Å². The molecule has 1 amide bonds. The van der Waals surface area contributed by atoms with Gasteiger partial charge in [0.1, 0.15) is 5.82 Å². The monoisotopic (exact) mass is 378 g/mol. The zero-order chi connectivity index (χ0) is 19.2. The van der Waals surface area contributed by atoms with E-state index in [2.05, 4.69) is 32.7 Å². The van der Waals surface area contributed by atoms with Crippen LogP contribution in [0.25, 0.3) is 0 Å². The van der Waals surface area contributed by atoms with Crippen LogP contribution >= 0.6 is 0 Å². The van der Waals surface area contributed by atoms with E-state index in [-0.39, 0.29) is 5.91 Å². The summed E-state index contributed by atoms with van der Waals surface area (Å²) < 4.78 is 0. The number of hydrogen-bond donors (Lipinski definition) is 2. The third kappa shape index (κ3) is 4.83. The number of aromatic nitrogens is 1. The highest BCUT2D eigenvalue weighted by Gasteiger charge is 2.15. The van der Waals surface area contributed by atoms with E-state index in [1.165, 1.54) is 57.1 Å². The van der Waals surface area contributed by atoms with Crippen molar-refractivity contribution in [1.29, 1.82) is 0 Å². The molecule has 2 aromatic rings.